The Morgan fingerprint density at radius 1 is 1.53 bits per heavy atom. The SMILES string of the molecule is CCN(CC)C(=O)Cc1nc(CO)cs1. The second-order valence-electron chi connectivity index (χ2n) is 3.13. The van der Waals surface area contributed by atoms with Gasteiger partial charge in [-0.1, -0.05) is 0 Å². The molecule has 0 saturated carbocycles. The van der Waals surface area contributed by atoms with Crippen LogP contribution in [-0.4, -0.2) is 34.0 Å². The number of carbonyl (C=O) groups excluding carboxylic acids is 1. The number of aromatic nitrogens is 1. The highest BCUT2D eigenvalue weighted by atomic mass is 32.1. The molecule has 0 unspecified atom stereocenters. The normalized spacial score (nSPS) is 10.3. The number of carbonyl (C=O) groups is 1. The smallest absolute Gasteiger partial charge is 0.229 e. The van der Waals surface area contributed by atoms with Crippen LogP contribution in [0.1, 0.15) is 24.5 Å². The van der Waals surface area contributed by atoms with E-state index in [1.165, 1.54) is 11.3 Å². The Morgan fingerprint density at radius 2 is 2.20 bits per heavy atom. The molecule has 84 valence electrons. The zero-order chi connectivity index (χ0) is 11.3. The van der Waals surface area contributed by atoms with Crippen molar-refractivity contribution in [1.29, 1.82) is 0 Å². The predicted molar refractivity (Wildman–Crippen MR) is 59.7 cm³/mol. The third-order valence-electron chi connectivity index (χ3n) is 2.18. The molecule has 1 heterocycles. The van der Waals surface area contributed by atoms with Crippen molar-refractivity contribution in [3.63, 3.8) is 0 Å². The topological polar surface area (TPSA) is 53.4 Å². The maximum absolute atomic E-state index is 11.7. The molecule has 0 aliphatic heterocycles. The zero-order valence-electron chi connectivity index (χ0n) is 9.06. The molecule has 0 spiro atoms. The second-order valence-corrected chi connectivity index (χ2v) is 4.08. The number of amides is 1. The van der Waals surface area contributed by atoms with Crippen molar-refractivity contribution in [2.75, 3.05) is 13.1 Å². The molecule has 0 aromatic carbocycles. The average molecular weight is 228 g/mol. The summed E-state index contributed by atoms with van der Waals surface area (Å²) in [6.07, 6.45) is 0.340. The summed E-state index contributed by atoms with van der Waals surface area (Å²) in [4.78, 5) is 17.6. The summed E-state index contributed by atoms with van der Waals surface area (Å²) in [5.41, 5.74) is 0.641. The van der Waals surface area contributed by atoms with Crippen LogP contribution >= 0.6 is 11.3 Å². The van der Waals surface area contributed by atoms with Crippen LogP contribution < -0.4 is 0 Å². The van der Waals surface area contributed by atoms with Gasteiger partial charge in [-0.25, -0.2) is 4.98 Å². The standard InChI is InChI=1S/C10H16N2O2S/c1-3-12(4-2)10(14)5-9-11-8(6-13)7-15-9/h7,13H,3-6H2,1-2H3. The number of aliphatic hydroxyl groups is 1. The van der Waals surface area contributed by atoms with Gasteiger partial charge in [0.05, 0.1) is 18.7 Å². The Kier molecular flexibility index (Phi) is 4.71. The molecular formula is C10H16N2O2S. The van der Waals surface area contributed by atoms with Gasteiger partial charge in [-0.2, -0.15) is 0 Å². The van der Waals surface area contributed by atoms with Crippen LogP contribution in [0.15, 0.2) is 5.38 Å². The molecule has 1 rings (SSSR count). The number of rotatable bonds is 5. The molecule has 0 aliphatic carbocycles. The Bertz CT molecular complexity index is 321. The summed E-state index contributed by atoms with van der Waals surface area (Å²) in [5.74, 6) is 0.0961. The van der Waals surface area contributed by atoms with E-state index < -0.39 is 0 Å². The lowest BCUT2D eigenvalue weighted by atomic mass is 10.3. The number of thiazole rings is 1. The first-order chi connectivity index (χ1) is 7.21. The number of hydrogen-bond acceptors (Lipinski definition) is 4. The highest BCUT2D eigenvalue weighted by Crippen LogP contribution is 2.11. The lowest BCUT2D eigenvalue weighted by Gasteiger charge is -2.17. The van der Waals surface area contributed by atoms with Crippen LogP contribution in [0.2, 0.25) is 0 Å². The third kappa shape index (κ3) is 3.28. The molecule has 4 nitrogen and oxygen atoms in total. The Balaban J connectivity index is 2.57. The van der Waals surface area contributed by atoms with Gasteiger partial charge in [-0.05, 0) is 13.8 Å². The third-order valence-corrected chi connectivity index (χ3v) is 3.08. The molecule has 1 amide bonds. The molecule has 0 atom stereocenters. The van der Waals surface area contributed by atoms with Crippen LogP contribution in [0.5, 0.6) is 0 Å². The highest BCUT2D eigenvalue weighted by Gasteiger charge is 2.12. The van der Waals surface area contributed by atoms with E-state index in [0.717, 1.165) is 18.1 Å². The van der Waals surface area contributed by atoms with Gasteiger partial charge in [0.25, 0.3) is 0 Å². The number of likely N-dealkylation sites (N-methyl/N-ethyl adjacent to an activating group) is 1. The van der Waals surface area contributed by atoms with Gasteiger partial charge < -0.3 is 10.0 Å². The van der Waals surface area contributed by atoms with E-state index in [1.807, 2.05) is 13.8 Å². The minimum Gasteiger partial charge on any atom is -0.390 e. The van der Waals surface area contributed by atoms with Gasteiger partial charge in [-0.3, -0.25) is 4.79 Å². The van der Waals surface area contributed by atoms with E-state index >= 15 is 0 Å². The van der Waals surface area contributed by atoms with Crippen molar-refractivity contribution in [2.45, 2.75) is 26.9 Å². The molecule has 15 heavy (non-hydrogen) atoms. The van der Waals surface area contributed by atoms with E-state index in [1.54, 1.807) is 10.3 Å². The minimum absolute atomic E-state index is 0.0596. The Morgan fingerprint density at radius 3 is 2.67 bits per heavy atom. The van der Waals surface area contributed by atoms with Crippen molar-refractivity contribution in [3.05, 3.63) is 16.1 Å². The van der Waals surface area contributed by atoms with E-state index in [0.29, 0.717) is 12.1 Å². The number of hydrogen-bond donors (Lipinski definition) is 1. The van der Waals surface area contributed by atoms with Crippen molar-refractivity contribution in [3.8, 4) is 0 Å². The fraction of sp³-hybridized carbons (Fsp3) is 0.600. The van der Waals surface area contributed by atoms with E-state index in [-0.39, 0.29) is 12.5 Å². The largest absolute Gasteiger partial charge is 0.390 e. The lowest BCUT2D eigenvalue weighted by Crippen LogP contribution is -2.31. The maximum Gasteiger partial charge on any atom is 0.229 e. The summed E-state index contributed by atoms with van der Waals surface area (Å²) in [5, 5.41) is 11.4. The molecule has 0 saturated heterocycles. The molecule has 5 heteroatoms. The van der Waals surface area contributed by atoms with Crippen LogP contribution in [0.4, 0.5) is 0 Å². The minimum atomic E-state index is -0.0596. The Labute approximate surface area is 93.6 Å². The fourth-order valence-electron chi connectivity index (χ4n) is 1.32. The van der Waals surface area contributed by atoms with Gasteiger partial charge in [0.15, 0.2) is 0 Å². The van der Waals surface area contributed by atoms with Gasteiger partial charge >= 0.3 is 0 Å². The summed E-state index contributed by atoms with van der Waals surface area (Å²) >= 11 is 1.42. The predicted octanol–water partition coefficient (Wildman–Crippen LogP) is 1.05. The molecule has 1 aromatic rings. The van der Waals surface area contributed by atoms with Crippen LogP contribution in [-0.2, 0) is 17.8 Å². The van der Waals surface area contributed by atoms with Crippen molar-refractivity contribution >= 4 is 17.2 Å². The first-order valence-electron chi connectivity index (χ1n) is 5.03. The van der Waals surface area contributed by atoms with E-state index in [4.69, 9.17) is 5.11 Å². The second kappa shape index (κ2) is 5.82. The molecule has 1 N–H and O–H groups in total. The van der Waals surface area contributed by atoms with E-state index in [9.17, 15) is 4.79 Å². The summed E-state index contributed by atoms with van der Waals surface area (Å²) in [6, 6.07) is 0. The van der Waals surface area contributed by atoms with Crippen LogP contribution in [0, 0.1) is 0 Å². The molecule has 0 aliphatic rings. The molecule has 0 radical (unpaired) electrons. The summed E-state index contributed by atoms with van der Waals surface area (Å²) in [7, 11) is 0. The van der Waals surface area contributed by atoms with Crippen LogP contribution in [0.3, 0.4) is 0 Å². The molecule has 0 fully saturated rings. The first kappa shape index (κ1) is 12.1. The van der Waals surface area contributed by atoms with Gasteiger partial charge in [0.1, 0.15) is 5.01 Å². The van der Waals surface area contributed by atoms with Gasteiger partial charge in [-0.15, -0.1) is 11.3 Å². The summed E-state index contributed by atoms with van der Waals surface area (Å²) in [6.45, 7) is 5.32. The van der Waals surface area contributed by atoms with Crippen molar-refractivity contribution in [1.82, 2.24) is 9.88 Å². The lowest BCUT2D eigenvalue weighted by molar-refractivity contribution is -0.130. The van der Waals surface area contributed by atoms with Gasteiger partial charge in [0, 0.05) is 18.5 Å². The summed E-state index contributed by atoms with van der Waals surface area (Å²) < 4.78 is 0. The molecule has 1 aromatic heterocycles. The highest BCUT2D eigenvalue weighted by molar-refractivity contribution is 7.09. The quantitative estimate of drug-likeness (QED) is 0.819. The first-order valence-corrected chi connectivity index (χ1v) is 5.91. The molecule has 0 bridgehead atoms. The monoisotopic (exact) mass is 228 g/mol. The molecular weight excluding hydrogens is 212 g/mol. The Hall–Kier alpha value is -0.940. The zero-order valence-corrected chi connectivity index (χ0v) is 9.88. The number of nitrogens with zero attached hydrogens (tertiary/aromatic N) is 2. The average Bonchev–Trinajstić information content (AvgIpc) is 2.67. The van der Waals surface area contributed by atoms with Gasteiger partial charge in [0.2, 0.25) is 5.91 Å². The van der Waals surface area contributed by atoms with Crippen molar-refractivity contribution < 1.29 is 9.90 Å². The maximum atomic E-state index is 11.7. The number of aliphatic hydroxyl groups excluding tert-OH is 1. The van der Waals surface area contributed by atoms with E-state index in [2.05, 4.69) is 4.98 Å². The van der Waals surface area contributed by atoms with Crippen LogP contribution in [0.25, 0.3) is 0 Å². The van der Waals surface area contributed by atoms with Crippen molar-refractivity contribution in [2.24, 2.45) is 0 Å². The fourth-order valence-corrected chi connectivity index (χ4v) is 2.10.